The van der Waals surface area contributed by atoms with Gasteiger partial charge in [0.1, 0.15) is 0 Å². The van der Waals surface area contributed by atoms with Crippen molar-refractivity contribution in [2.45, 2.75) is 39.7 Å². The van der Waals surface area contributed by atoms with E-state index in [0.717, 1.165) is 24.1 Å². The van der Waals surface area contributed by atoms with Crippen molar-refractivity contribution in [3.63, 3.8) is 0 Å². The van der Waals surface area contributed by atoms with Crippen LogP contribution in [0.5, 0.6) is 0 Å². The van der Waals surface area contributed by atoms with Crippen molar-refractivity contribution < 1.29 is 4.79 Å². The number of nitrogens with one attached hydrogen (secondary N) is 2. The maximum Gasteiger partial charge on any atom is 0.319 e. The zero-order valence-electron chi connectivity index (χ0n) is 13.4. The average Bonchev–Trinajstić information content (AvgIpc) is 2.86. The van der Waals surface area contributed by atoms with Crippen molar-refractivity contribution in [1.29, 1.82) is 0 Å². The van der Waals surface area contributed by atoms with E-state index in [0.29, 0.717) is 0 Å². The molecule has 0 atom stereocenters. The third kappa shape index (κ3) is 2.98. The Labute approximate surface area is 131 Å². The molecule has 2 aromatic rings. The lowest BCUT2D eigenvalue weighted by atomic mass is 10.1. The number of benzene rings is 2. The lowest BCUT2D eigenvalue weighted by Gasteiger charge is -2.15. The Hall–Kier alpha value is -2.29. The van der Waals surface area contributed by atoms with Gasteiger partial charge in [-0.2, -0.15) is 0 Å². The number of fused-ring (bicyclic) bond motifs is 1. The summed E-state index contributed by atoms with van der Waals surface area (Å²) in [6.45, 7) is 6.17. The lowest BCUT2D eigenvalue weighted by molar-refractivity contribution is 0.249. The smallest absolute Gasteiger partial charge is 0.319 e. The molecule has 1 aliphatic carbocycles. The van der Waals surface area contributed by atoms with Crippen LogP contribution in [0.15, 0.2) is 36.4 Å². The zero-order chi connectivity index (χ0) is 15.7. The lowest BCUT2D eigenvalue weighted by Crippen LogP contribution is -2.38. The van der Waals surface area contributed by atoms with Gasteiger partial charge in [-0.25, -0.2) is 4.79 Å². The van der Waals surface area contributed by atoms with Crippen LogP contribution in [0.2, 0.25) is 0 Å². The molecule has 114 valence electrons. The molecule has 3 nitrogen and oxygen atoms in total. The Balaban J connectivity index is 1.64. The van der Waals surface area contributed by atoms with Gasteiger partial charge in [-0.1, -0.05) is 30.3 Å². The molecule has 0 bridgehead atoms. The van der Waals surface area contributed by atoms with Crippen LogP contribution in [0.1, 0.15) is 27.8 Å². The van der Waals surface area contributed by atoms with Gasteiger partial charge in [-0.05, 0) is 67.5 Å². The number of urea groups is 1. The molecule has 1 aliphatic rings. The van der Waals surface area contributed by atoms with Crippen LogP contribution in [0.4, 0.5) is 10.5 Å². The first-order valence-corrected chi connectivity index (χ1v) is 7.75. The van der Waals surface area contributed by atoms with E-state index < -0.39 is 0 Å². The van der Waals surface area contributed by atoms with Crippen molar-refractivity contribution >= 4 is 11.7 Å². The molecule has 0 radical (unpaired) electrons. The first kappa shape index (κ1) is 14.6. The maximum atomic E-state index is 12.2. The van der Waals surface area contributed by atoms with Crippen LogP contribution in [0.25, 0.3) is 0 Å². The summed E-state index contributed by atoms with van der Waals surface area (Å²) in [5, 5.41) is 6.07. The molecule has 2 amide bonds. The van der Waals surface area contributed by atoms with Crippen LogP contribution in [-0.2, 0) is 12.8 Å². The minimum Gasteiger partial charge on any atom is -0.334 e. The van der Waals surface area contributed by atoms with Crippen LogP contribution >= 0.6 is 0 Å². The summed E-state index contributed by atoms with van der Waals surface area (Å²) < 4.78 is 0. The van der Waals surface area contributed by atoms with Crippen LogP contribution in [-0.4, -0.2) is 12.1 Å². The SMILES string of the molecule is Cc1cc(C)c(NC(=O)NC2Cc3ccccc3C2)cc1C. The van der Waals surface area contributed by atoms with Gasteiger partial charge in [0.2, 0.25) is 0 Å². The number of hydrogen-bond donors (Lipinski definition) is 2. The Bertz CT molecular complexity index is 696. The van der Waals surface area contributed by atoms with Crippen molar-refractivity contribution in [2.24, 2.45) is 0 Å². The summed E-state index contributed by atoms with van der Waals surface area (Å²) in [5.74, 6) is 0. The molecule has 0 heterocycles. The second-order valence-electron chi connectivity index (χ2n) is 6.22. The average molecular weight is 294 g/mol. The number of aryl methyl sites for hydroxylation is 3. The molecule has 0 saturated carbocycles. The van der Waals surface area contributed by atoms with Gasteiger partial charge >= 0.3 is 6.03 Å². The predicted molar refractivity (Wildman–Crippen MR) is 90.4 cm³/mol. The molecule has 22 heavy (non-hydrogen) atoms. The minimum absolute atomic E-state index is 0.121. The molecule has 3 rings (SSSR count). The molecule has 3 heteroatoms. The molecule has 2 aromatic carbocycles. The molecule has 0 unspecified atom stereocenters. The second-order valence-corrected chi connectivity index (χ2v) is 6.22. The van der Waals surface area contributed by atoms with Crippen molar-refractivity contribution in [2.75, 3.05) is 5.32 Å². The van der Waals surface area contributed by atoms with Gasteiger partial charge in [0, 0.05) is 11.7 Å². The summed E-state index contributed by atoms with van der Waals surface area (Å²) >= 11 is 0. The number of carbonyl (C=O) groups is 1. The van der Waals surface area contributed by atoms with E-state index in [9.17, 15) is 4.79 Å². The van der Waals surface area contributed by atoms with E-state index in [1.165, 1.54) is 22.3 Å². The van der Waals surface area contributed by atoms with Crippen LogP contribution in [0, 0.1) is 20.8 Å². The largest absolute Gasteiger partial charge is 0.334 e. The normalized spacial score (nSPS) is 13.8. The monoisotopic (exact) mass is 294 g/mol. The van der Waals surface area contributed by atoms with Crippen LogP contribution in [0.3, 0.4) is 0 Å². The highest BCUT2D eigenvalue weighted by atomic mass is 16.2. The number of carbonyl (C=O) groups excluding carboxylic acids is 1. The van der Waals surface area contributed by atoms with Gasteiger partial charge < -0.3 is 10.6 Å². The molecule has 2 N–H and O–H groups in total. The topological polar surface area (TPSA) is 41.1 Å². The Morgan fingerprint density at radius 2 is 1.55 bits per heavy atom. The first-order chi connectivity index (χ1) is 10.5. The van der Waals surface area contributed by atoms with Gasteiger partial charge in [0.25, 0.3) is 0 Å². The molecule has 0 saturated heterocycles. The van der Waals surface area contributed by atoms with Gasteiger partial charge in [0.15, 0.2) is 0 Å². The molecular formula is C19H22N2O. The Morgan fingerprint density at radius 1 is 0.955 bits per heavy atom. The third-order valence-corrected chi connectivity index (χ3v) is 4.48. The molecule has 0 fully saturated rings. The first-order valence-electron chi connectivity index (χ1n) is 7.75. The third-order valence-electron chi connectivity index (χ3n) is 4.48. The van der Waals surface area contributed by atoms with Crippen molar-refractivity contribution in [3.05, 3.63) is 64.2 Å². The molecule has 0 spiro atoms. The molecule has 0 aliphatic heterocycles. The Kier molecular flexibility index (Phi) is 3.88. The number of rotatable bonds is 2. The highest BCUT2D eigenvalue weighted by molar-refractivity contribution is 5.90. The maximum absolute atomic E-state index is 12.2. The van der Waals surface area contributed by atoms with Gasteiger partial charge in [-0.3, -0.25) is 0 Å². The quantitative estimate of drug-likeness (QED) is 0.866. The number of amides is 2. The summed E-state index contributed by atoms with van der Waals surface area (Å²) in [5.41, 5.74) is 7.10. The van der Waals surface area contributed by atoms with Crippen molar-refractivity contribution in [1.82, 2.24) is 5.32 Å². The zero-order valence-corrected chi connectivity index (χ0v) is 13.4. The van der Waals surface area contributed by atoms with Crippen LogP contribution < -0.4 is 10.6 Å². The minimum atomic E-state index is -0.121. The highest BCUT2D eigenvalue weighted by Gasteiger charge is 2.22. The summed E-state index contributed by atoms with van der Waals surface area (Å²) in [4.78, 5) is 12.2. The van der Waals surface area contributed by atoms with E-state index in [2.05, 4.69) is 54.8 Å². The summed E-state index contributed by atoms with van der Waals surface area (Å²) in [7, 11) is 0. The van der Waals surface area contributed by atoms with Gasteiger partial charge in [0.05, 0.1) is 0 Å². The van der Waals surface area contributed by atoms with E-state index in [1.54, 1.807) is 0 Å². The fourth-order valence-corrected chi connectivity index (χ4v) is 3.10. The van der Waals surface area contributed by atoms with E-state index in [1.807, 2.05) is 13.0 Å². The molecule has 0 aromatic heterocycles. The van der Waals surface area contributed by atoms with E-state index in [-0.39, 0.29) is 12.1 Å². The van der Waals surface area contributed by atoms with Crippen molar-refractivity contribution in [3.8, 4) is 0 Å². The fraction of sp³-hybridized carbons (Fsp3) is 0.316. The number of hydrogen-bond acceptors (Lipinski definition) is 1. The summed E-state index contributed by atoms with van der Waals surface area (Å²) in [6, 6.07) is 12.6. The van der Waals surface area contributed by atoms with E-state index in [4.69, 9.17) is 0 Å². The van der Waals surface area contributed by atoms with E-state index >= 15 is 0 Å². The standard InChI is InChI=1S/C19H22N2O/c1-12-8-14(3)18(9-13(12)2)21-19(22)20-17-10-15-6-4-5-7-16(15)11-17/h4-9,17H,10-11H2,1-3H3,(H2,20,21,22). The molecular weight excluding hydrogens is 272 g/mol. The number of anilines is 1. The summed E-state index contributed by atoms with van der Waals surface area (Å²) in [6.07, 6.45) is 1.82. The fourth-order valence-electron chi connectivity index (χ4n) is 3.10. The second kappa shape index (κ2) is 5.84. The highest BCUT2D eigenvalue weighted by Crippen LogP contribution is 2.22. The Morgan fingerprint density at radius 3 is 2.18 bits per heavy atom. The predicted octanol–water partition coefficient (Wildman–Crippen LogP) is 3.90. The van der Waals surface area contributed by atoms with Gasteiger partial charge in [-0.15, -0.1) is 0 Å².